The molecule has 1 N–H and O–H groups in total. The van der Waals surface area contributed by atoms with Gasteiger partial charge in [-0.3, -0.25) is 9.59 Å². The van der Waals surface area contributed by atoms with E-state index in [0.29, 0.717) is 14.1 Å². The Bertz CT molecular complexity index is 675. The van der Waals surface area contributed by atoms with Crippen LogP contribution in [0.25, 0.3) is 0 Å². The summed E-state index contributed by atoms with van der Waals surface area (Å²) in [4.78, 5) is 21.5. The molecule has 0 amide bonds. The molecule has 0 aliphatic carbocycles. The Morgan fingerprint density at radius 1 is 1.16 bits per heavy atom. The van der Waals surface area contributed by atoms with Gasteiger partial charge in [-0.05, 0) is 44.0 Å². The smallest absolute Gasteiger partial charge is 0.267 e. The molecular formula is C9H6Br2Cl2N4O2. The molecule has 0 bridgehead atoms. The molecule has 0 unspecified atom stereocenters. The third kappa shape index (κ3) is 5.06. The van der Waals surface area contributed by atoms with Gasteiger partial charge in [-0.15, -0.1) is 0 Å². The summed E-state index contributed by atoms with van der Waals surface area (Å²) in [5.41, 5.74) is -0.469. The van der Waals surface area contributed by atoms with Gasteiger partial charge in [0.05, 0.1) is 8.95 Å². The van der Waals surface area contributed by atoms with Crippen LogP contribution in [0.4, 0.5) is 0 Å². The lowest BCUT2D eigenvalue weighted by Gasteiger charge is -1.95. The Kier molecular flexibility index (Phi) is 6.18. The number of H-pyrrole nitrogens is 1. The minimum atomic E-state index is -0.278. The van der Waals surface area contributed by atoms with E-state index in [-0.39, 0.29) is 16.3 Å². The first-order chi connectivity index (χ1) is 8.81. The van der Waals surface area contributed by atoms with Crippen molar-refractivity contribution in [2.24, 2.45) is 7.05 Å². The van der Waals surface area contributed by atoms with Crippen LogP contribution in [0.15, 0.2) is 30.7 Å². The lowest BCUT2D eigenvalue weighted by atomic mass is 10.6. The average Bonchev–Trinajstić information content (AvgIpc) is 2.32. The number of rotatable bonds is 0. The molecule has 102 valence electrons. The van der Waals surface area contributed by atoms with Crippen molar-refractivity contribution < 1.29 is 0 Å². The number of aromatic amines is 1. The van der Waals surface area contributed by atoms with Crippen molar-refractivity contribution >= 4 is 55.1 Å². The highest BCUT2D eigenvalue weighted by molar-refractivity contribution is 9.10. The summed E-state index contributed by atoms with van der Waals surface area (Å²) >= 11 is 16.9. The topological polar surface area (TPSA) is 80.6 Å². The van der Waals surface area contributed by atoms with Crippen LogP contribution in [0.1, 0.15) is 0 Å². The summed E-state index contributed by atoms with van der Waals surface area (Å²) in [7, 11) is 1.54. The zero-order valence-corrected chi connectivity index (χ0v) is 14.0. The Labute approximate surface area is 134 Å². The molecular weight excluding hydrogens is 427 g/mol. The van der Waals surface area contributed by atoms with Crippen LogP contribution in [-0.2, 0) is 7.05 Å². The van der Waals surface area contributed by atoms with Gasteiger partial charge >= 0.3 is 0 Å². The molecule has 0 radical (unpaired) electrons. The molecule has 0 aliphatic rings. The molecule has 0 spiro atoms. The van der Waals surface area contributed by atoms with Gasteiger partial charge in [0.15, 0.2) is 10.3 Å². The van der Waals surface area contributed by atoms with Gasteiger partial charge in [0.1, 0.15) is 0 Å². The standard InChI is InChI=1S/C5H4BrClN2O.C4H2BrClN2O/c1-9-5(10)3(6)2-4(7)8-9;5-2-1-3(6)7-8-4(2)9/h2H,1H3;1H,(H,8,9). The van der Waals surface area contributed by atoms with E-state index in [2.05, 4.69) is 47.2 Å². The number of aromatic nitrogens is 4. The van der Waals surface area contributed by atoms with Gasteiger partial charge in [-0.1, -0.05) is 23.2 Å². The second-order valence-electron chi connectivity index (χ2n) is 3.11. The summed E-state index contributed by atoms with van der Waals surface area (Å²) in [5.74, 6) is 0. The van der Waals surface area contributed by atoms with E-state index < -0.39 is 0 Å². The molecule has 19 heavy (non-hydrogen) atoms. The van der Waals surface area contributed by atoms with Crippen LogP contribution in [0, 0.1) is 0 Å². The highest BCUT2D eigenvalue weighted by atomic mass is 79.9. The van der Waals surface area contributed by atoms with Crippen LogP contribution in [-0.4, -0.2) is 20.0 Å². The van der Waals surface area contributed by atoms with Crippen LogP contribution in [0.2, 0.25) is 10.3 Å². The second-order valence-corrected chi connectivity index (χ2v) is 5.59. The molecule has 0 saturated heterocycles. The van der Waals surface area contributed by atoms with Gasteiger partial charge in [-0.25, -0.2) is 9.78 Å². The Balaban J connectivity index is 0.000000191. The van der Waals surface area contributed by atoms with E-state index in [1.165, 1.54) is 16.8 Å². The zero-order valence-electron chi connectivity index (χ0n) is 9.32. The van der Waals surface area contributed by atoms with Gasteiger partial charge in [-0.2, -0.15) is 10.2 Å². The van der Waals surface area contributed by atoms with Crippen molar-refractivity contribution in [3.05, 3.63) is 52.1 Å². The maximum absolute atomic E-state index is 10.9. The molecule has 0 fully saturated rings. The number of nitrogens with zero attached hydrogens (tertiary/aromatic N) is 3. The normalized spacial score (nSPS) is 9.74. The number of aryl methyl sites for hydroxylation is 1. The Morgan fingerprint density at radius 2 is 1.74 bits per heavy atom. The number of halogens is 4. The van der Waals surface area contributed by atoms with Crippen LogP contribution in [0.3, 0.4) is 0 Å². The highest BCUT2D eigenvalue weighted by Crippen LogP contribution is 2.07. The maximum atomic E-state index is 10.9. The third-order valence-electron chi connectivity index (χ3n) is 1.72. The first kappa shape index (κ1) is 16.4. The number of nitrogens with one attached hydrogen (secondary N) is 1. The molecule has 0 aliphatic heterocycles. The van der Waals surface area contributed by atoms with Crippen molar-refractivity contribution in [3.63, 3.8) is 0 Å². The summed E-state index contributed by atoms with van der Waals surface area (Å²) in [6.07, 6.45) is 0. The first-order valence-corrected chi connectivity index (χ1v) is 6.95. The molecule has 2 heterocycles. The van der Waals surface area contributed by atoms with E-state index in [0.717, 1.165) is 0 Å². The fourth-order valence-corrected chi connectivity index (χ4v) is 2.31. The van der Waals surface area contributed by atoms with Gasteiger partial charge in [0, 0.05) is 7.05 Å². The largest absolute Gasteiger partial charge is 0.280 e. The van der Waals surface area contributed by atoms with E-state index >= 15 is 0 Å². The van der Waals surface area contributed by atoms with Gasteiger partial charge < -0.3 is 0 Å². The van der Waals surface area contributed by atoms with E-state index in [1.54, 1.807) is 7.05 Å². The minimum Gasteiger partial charge on any atom is -0.267 e. The molecule has 0 saturated carbocycles. The lowest BCUT2D eigenvalue weighted by molar-refractivity contribution is 0.703. The van der Waals surface area contributed by atoms with Crippen molar-refractivity contribution in [2.45, 2.75) is 0 Å². The van der Waals surface area contributed by atoms with Crippen LogP contribution in [0.5, 0.6) is 0 Å². The maximum Gasteiger partial charge on any atom is 0.280 e. The summed E-state index contributed by atoms with van der Waals surface area (Å²) in [6.45, 7) is 0. The Hall–Kier alpha value is -0.700. The van der Waals surface area contributed by atoms with Crippen molar-refractivity contribution in [3.8, 4) is 0 Å². The molecule has 2 aromatic rings. The monoisotopic (exact) mass is 430 g/mol. The quantitative estimate of drug-likeness (QED) is 0.693. The van der Waals surface area contributed by atoms with Gasteiger partial charge in [0.2, 0.25) is 0 Å². The van der Waals surface area contributed by atoms with Crippen LogP contribution >= 0.6 is 55.1 Å². The van der Waals surface area contributed by atoms with E-state index in [9.17, 15) is 9.59 Å². The second kappa shape index (κ2) is 7.18. The molecule has 6 nitrogen and oxygen atoms in total. The fourth-order valence-electron chi connectivity index (χ4n) is 0.898. The fraction of sp³-hybridized carbons (Fsp3) is 0.111. The lowest BCUT2D eigenvalue weighted by Crippen LogP contribution is -2.19. The number of hydrogen-bond donors (Lipinski definition) is 1. The predicted molar refractivity (Wildman–Crippen MR) is 79.8 cm³/mol. The average molecular weight is 433 g/mol. The van der Waals surface area contributed by atoms with Gasteiger partial charge in [0.25, 0.3) is 11.1 Å². The molecule has 0 aromatic carbocycles. The third-order valence-corrected chi connectivity index (χ3v) is 3.25. The van der Waals surface area contributed by atoms with E-state index in [1.807, 2.05) is 0 Å². The van der Waals surface area contributed by atoms with Crippen molar-refractivity contribution in [1.29, 1.82) is 0 Å². The van der Waals surface area contributed by atoms with Crippen LogP contribution < -0.4 is 11.1 Å². The summed E-state index contributed by atoms with van der Waals surface area (Å²) in [5, 5.41) is 9.86. The summed E-state index contributed by atoms with van der Waals surface area (Å²) in [6, 6.07) is 2.89. The minimum absolute atomic E-state index is 0.190. The van der Waals surface area contributed by atoms with Crippen molar-refractivity contribution in [1.82, 2.24) is 20.0 Å². The molecule has 2 aromatic heterocycles. The number of hydrogen-bond acceptors (Lipinski definition) is 4. The predicted octanol–water partition coefficient (Wildman–Crippen LogP) is 2.38. The zero-order chi connectivity index (χ0) is 14.6. The summed E-state index contributed by atoms with van der Waals surface area (Å²) < 4.78 is 1.99. The first-order valence-electron chi connectivity index (χ1n) is 4.61. The van der Waals surface area contributed by atoms with E-state index in [4.69, 9.17) is 23.2 Å². The Morgan fingerprint density at radius 3 is 2.21 bits per heavy atom. The van der Waals surface area contributed by atoms with Crippen molar-refractivity contribution in [2.75, 3.05) is 0 Å². The molecule has 2 rings (SSSR count). The SMILES string of the molecule is Cn1nc(Cl)cc(Br)c1=O.O=c1[nH]nc(Cl)cc1Br. The molecule has 0 atom stereocenters. The highest BCUT2D eigenvalue weighted by Gasteiger charge is 1.99. The molecule has 10 heteroatoms.